The van der Waals surface area contributed by atoms with Crippen LogP contribution in [0.5, 0.6) is 0 Å². The Labute approximate surface area is 204 Å². The van der Waals surface area contributed by atoms with E-state index in [1.54, 1.807) is 0 Å². The zero-order valence-electron chi connectivity index (χ0n) is 21.3. The van der Waals surface area contributed by atoms with Crippen molar-refractivity contribution in [1.82, 2.24) is 10.6 Å². The first-order valence-electron chi connectivity index (χ1n) is 13.9. The molecule has 190 valence electrons. The first-order chi connectivity index (χ1) is 16.5. The van der Waals surface area contributed by atoms with Gasteiger partial charge in [-0.25, -0.2) is 10.6 Å². The number of hydrogen-bond acceptors (Lipinski definition) is 6. The van der Waals surface area contributed by atoms with Gasteiger partial charge in [0, 0.05) is 19.3 Å². The molecular formula is C27H44N3O4+. The normalized spacial score (nSPS) is 41.1. The Hall–Kier alpha value is -1.60. The quantitative estimate of drug-likeness (QED) is 0.263. The third-order valence-corrected chi connectivity index (χ3v) is 8.59. The highest BCUT2D eigenvalue weighted by Gasteiger charge is 2.64. The summed E-state index contributed by atoms with van der Waals surface area (Å²) in [5.74, 6) is 0.588. The van der Waals surface area contributed by atoms with Gasteiger partial charge < -0.3 is 14.2 Å². The van der Waals surface area contributed by atoms with Crippen LogP contribution < -0.4 is 10.6 Å². The van der Waals surface area contributed by atoms with E-state index in [0.717, 1.165) is 83.0 Å². The van der Waals surface area contributed by atoms with Gasteiger partial charge in [-0.15, -0.1) is 0 Å². The fourth-order valence-corrected chi connectivity index (χ4v) is 7.01. The topological polar surface area (TPSA) is 71.8 Å². The van der Waals surface area contributed by atoms with Crippen LogP contribution in [0.4, 0.5) is 0 Å². The van der Waals surface area contributed by atoms with Gasteiger partial charge in [0.1, 0.15) is 0 Å². The van der Waals surface area contributed by atoms with E-state index in [0.29, 0.717) is 12.6 Å². The molecule has 0 aromatic carbocycles. The smallest absolute Gasteiger partial charge is 0.350 e. The van der Waals surface area contributed by atoms with Crippen molar-refractivity contribution >= 4 is 11.9 Å². The Morgan fingerprint density at radius 3 is 2.85 bits per heavy atom. The van der Waals surface area contributed by atoms with Crippen LogP contribution in [0.3, 0.4) is 0 Å². The number of carbonyl (C=O) groups is 1. The maximum Gasteiger partial charge on any atom is 0.350 e. The third kappa shape index (κ3) is 4.39. The van der Waals surface area contributed by atoms with Crippen LogP contribution in [0, 0.1) is 5.92 Å². The van der Waals surface area contributed by atoms with Crippen molar-refractivity contribution in [1.29, 1.82) is 0 Å². The first-order valence-corrected chi connectivity index (χ1v) is 13.9. The molecule has 7 atom stereocenters. The third-order valence-electron chi connectivity index (χ3n) is 8.59. The number of nitrogens with zero attached hydrogens (tertiary/aromatic N) is 1. The highest BCUT2D eigenvalue weighted by molar-refractivity contribution is 5.82. The van der Waals surface area contributed by atoms with Crippen molar-refractivity contribution in [2.45, 2.75) is 134 Å². The zero-order valence-corrected chi connectivity index (χ0v) is 21.3. The Morgan fingerprint density at radius 1 is 1.18 bits per heavy atom. The monoisotopic (exact) mass is 474 g/mol. The highest BCUT2D eigenvalue weighted by atomic mass is 16.6. The number of allylic oxidation sites excluding steroid dienone is 1. The molecule has 2 spiro atoms. The van der Waals surface area contributed by atoms with Crippen molar-refractivity contribution in [3.8, 4) is 0 Å². The fraction of sp³-hybridized carbons (Fsp3) is 0.852. The number of unbranched alkanes of at least 4 members (excludes halogenated alkanes) is 2. The van der Waals surface area contributed by atoms with Gasteiger partial charge in [0.2, 0.25) is 5.72 Å². The van der Waals surface area contributed by atoms with Crippen LogP contribution in [-0.4, -0.2) is 58.9 Å². The molecule has 2 N–H and O–H groups in total. The molecular weight excluding hydrogens is 430 g/mol. The Balaban J connectivity index is 1.45. The Morgan fingerprint density at radius 2 is 2.06 bits per heavy atom. The van der Waals surface area contributed by atoms with Gasteiger partial charge in [0.25, 0.3) is 0 Å². The van der Waals surface area contributed by atoms with Crippen molar-refractivity contribution in [3.05, 3.63) is 12.2 Å². The largest absolute Gasteiger partial charge is 0.465 e. The van der Waals surface area contributed by atoms with Crippen LogP contribution in [0.1, 0.15) is 97.8 Å². The summed E-state index contributed by atoms with van der Waals surface area (Å²) in [4.78, 5) is 13.6. The van der Waals surface area contributed by atoms with Crippen molar-refractivity contribution in [2.75, 3.05) is 6.61 Å². The second kappa shape index (κ2) is 9.81. The van der Waals surface area contributed by atoms with Crippen molar-refractivity contribution in [3.63, 3.8) is 0 Å². The van der Waals surface area contributed by atoms with Gasteiger partial charge in [-0.2, -0.15) is 0 Å². The zero-order chi connectivity index (χ0) is 23.8. The molecule has 0 amide bonds. The SMILES string of the molecule is CCCCCOC(=O)[C@H]1C2CC[C@H]3C[C@@]4(CCC=C[C@H](CC)O4)NC(=[N+]23)N[C@@]12CCC[C@@H](C)O2. The fourth-order valence-electron chi connectivity index (χ4n) is 7.01. The maximum atomic E-state index is 13.6. The Bertz CT molecular complexity index is 829. The molecule has 0 radical (unpaired) electrons. The van der Waals surface area contributed by atoms with E-state index in [4.69, 9.17) is 14.2 Å². The summed E-state index contributed by atoms with van der Waals surface area (Å²) in [6.45, 7) is 6.98. The molecule has 7 nitrogen and oxygen atoms in total. The summed E-state index contributed by atoms with van der Waals surface area (Å²) in [6.07, 6.45) is 16.7. The predicted molar refractivity (Wildman–Crippen MR) is 130 cm³/mol. The van der Waals surface area contributed by atoms with Crippen LogP contribution in [0.25, 0.3) is 0 Å². The standard InChI is InChI=1S/C27H43N3O4/c1-4-6-9-17-32-24(31)23-22-14-13-20-18-26(15-8-7-12-21(5-2)34-26)28-25(30(20)22)29-27(23)16-10-11-19(3)33-27/h7,12,19-23H,4-6,8-11,13-18H2,1-3H3,(H,28,29)/p+1/t19-,20+,21+,22?,23-,26+,27-/m1/s1. The van der Waals surface area contributed by atoms with E-state index >= 15 is 0 Å². The summed E-state index contributed by atoms with van der Waals surface area (Å²) in [5, 5.41) is 7.59. The lowest BCUT2D eigenvalue weighted by Gasteiger charge is -2.50. The van der Waals surface area contributed by atoms with Crippen LogP contribution in [-0.2, 0) is 19.0 Å². The van der Waals surface area contributed by atoms with E-state index < -0.39 is 5.72 Å². The summed E-state index contributed by atoms with van der Waals surface area (Å²) in [6, 6.07) is 0.457. The van der Waals surface area contributed by atoms with E-state index in [9.17, 15) is 4.79 Å². The molecule has 0 saturated carbocycles. The van der Waals surface area contributed by atoms with Crippen LogP contribution >= 0.6 is 0 Å². The number of nitrogens with one attached hydrogen (secondary N) is 2. The average Bonchev–Trinajstić information content (AvgIpc) is 3.11. The lowest BCUT2D eigenvalue weighted by atomic mass is 9.80. The van der Waals surface area contributed by atoms with Crippen LogP contribution in [0.15, 0.2) is 12.2 Å². The maximum absolute atomic E-state index is 13.6. The van der Waals surface area contributed by atoms with Crippen molar-refractivity contribution in [2.24, 2.45) is 5.92 Å². The summed E-state index contributed by atoms with van der Waals surface area (Å²) < 4.78 is 21.7. The molecule has 2 saturated heterocycles. The number of guanidine groups is 1. The molecule has 5 aliphatic heterocycles. The molecule has 5 rings (SSSR count). The Kier molecular flexibility index (Phi) is 6.95. The average molecular weight is 475 g/mol. The molecule has 0 aromatic rings. The molecule has 5 aliphatic rings. The lowest BCUT2D eigenvalue weighted by molar-refractivity contribution is -0.609. The van der Waals surface area contributed by atoms with E-state index in [1.807, 2.05) is 0 Å². The van der Waals surface area contributed by atoms with Gasteiger partial charge in [0.15, 0.2) is 11.6 Å². The van der Waals surface area contributed by atoms with Crippen molar-refractivity contribution < 1.29 is 23.6 Å². The predicted octanol–water partition coefficient (Wildman–Crippen LogP) is 3.96. The lowest BCUT2D eigenvalue weighted by Crippen LogP contribution is -2.76. The van der Waals surface area contributed by atoms with Crippen LogP contribution in [0.2, 0.25) is 0 Å². The molecule has 1 unspecified atom stereocenters. The van der Waals surface area contributed by atoms with Gasteiger partial charge in [-0.3, -0.25) is 9.37 Å². The second-order valence-electron chi connectivity index (χ2n) is 11.1. The molecule has 34 heavy (non-hydrogen) atoms. The van der Waals surface area contributed by atoms with E-state index in [-0.39, 0.29) is 35.9 Å². The molecule has 0 aliphatic carbocycles. The number of rotatable bonds is 6. The number of ether oxygens (including phenoxy) is 3. The van der Waals surface area contributed by atoms with Gasteiger partial charge in [-0.1, -0.05) is 38.8 Å². The molecule has 5 heterocycles. The molecule has 2 fully saturated rings. The van der Waals surface area contributed by atoms with E-state index in [1.165, 1.54) is 0 Å². The van der Waals surface area contributed by atoms with Gasteiger partial charge in [0.05, 0.1) is 30.9 Å². The molecule has 7 heteroatoms. The minimum absolute atomic E-state index is 0.0938. The summed E-state index contributed by atoms with van der Waals surface area (Å²) in [7, 11) is 0. The minimum Gasteiger partial charge on any atom is -0.465 e. The molecule has 0 aromatic heterocycles. The highest BCUT2D eigenvalue weighted by Crippen LogP contribution is 2.45. The number of carbonyl (C=O) groups excluding carboxylic acids is 1. The summed E-state index contributed by atoms with van der Waals surface area (Å²) in [5.41, 5.74) is -1.10. The minimum atomic E-state index is -0.719. The number of esters is 1. The second-order valence-corrected chi connectivity index (χ2v) is 11.1. The van der Waals surface area contributed by atoms with Gasteiger partial charge in [-0.05, 0) is 51.9 Å². The first kappa shape index (κ1) is 24.1. The summed E-state index contributed by atoms with van der Waals surface area (Å²) >= 11 is 0. The molecule has 0 bridgehead atoms. The van der Waals surface area contributed by atoms with Gasteiger partial charge >= 0.3 is 11.9 Å². The van der Waals surface area contributed by atoms with E-state index in [2.05, 4.69) is 48.1 Å². The number of hydrogen-bond donors (Lipinski definition) is 2.